The van der Waals surface area contributed by atoms with Gasteiger partial charge in [0.15, 0.2) is 0 Å². The van der Waals surface area contributed by atoms with Crippen molar-refractivity contribution < 1.29 is 19.1 Å². The fraction of sp³-hybridized carbons (Fsp3) is 0.238. The molecule has 2 aromatic carbocycles. The monoisotopic (exact) mass is 379 g/mol. The lowest BCUT2D eigenvalue weighted by Gasteiger charge is -2.25. The first-order valence-corrected chi connectivity index (χ1v) is 8.95. The van der Waals surface area contributed by atoms with Crippen LogP contribution >= 0.6 is 0 Å². The molecule has 7 nitrogen and oxygen atoms in total. The Labute approximate surface area is 162 Å². The van der Waals surface area contributed by atoms with Crippen LogP contribution in [0.1, 0.15) is 17.2 Å². The fourth-order valence-electron chi connectivity index (χ4n) is 3.55. The maximum atomic E-state index is 13.1. The number of nitrogens with one attached hydrogen (secondary N) is 2. The van der Waals surface area contributed by atoms with Gasteiger partial charge in [-0.25, -0.2) is 4.79 Å². The summed E-state index contributed by atoms with van der Waals surface area (Å²) in [5.74, 6) is 1.40. The van der Waals surface area contributed by atoms with Crippen molar-refractivity contribution in [3.05, 3.63) is 70.9 Å². The van der Waals surface area contributed by atoms with Crippen LogP contribution in [0.4, 0.5) is 4.79 Å². The van der Waals surface area contributed by atoms with E-state index in [1.165, 1.54) is 0 Å². The summed E-state index contributed by atoms with van der Waals surface area (Å²) in [7, 11) is 3.21. The van der Waals surface area contributed by atoms with Gasteiger partial charge >= 0.3 is 6.03 Å². The van der Waals surface area contributed by atoms with Crippen molar-refractivity contribution in [2.24, 2.45) is 0 Å². The first-order chi connectivity index (χ1) is 13.6. The van der Waals surface area contributed by atoms with Gasteiger partial charge in [0.05, 0.1) is 38.1 Å². The second kappa shape index (κ2) is 7.26. The van der Waals surface area contributed by atoms with Crippen LogP contribution in [0, 0.1) is 0 Å². The Morgan fingerprint density at radius 2 is 1.57 bits per heavy atom. The van der Waals surface area contributed by atoms with Gasteiger partial charge in [0.25, 0.3) is 5.91 Å². The Kier molecular flexibility index (Phi) is 4.65. The molecular formula is C21H21N3O4. The van der Waals surface area contributed by atoms with E-state index in [4.69, 9.17) is 9.47 Å². The number of amides is 3. The summed E-state index contributed by atoms with van der Waals surface area (Å²) in [6.07, 6.45) is 0. The lowest BCUT2D eigenvalue weighted by Crippen LogP contribution is -2.44. The zero-order valence-corrected chi connectivity index (χ0v) is 15.7. The quantitative estimate of drug-likeness (QED) is 0.836. The highest BCUT2D eigenvalue weighted by molar-refractivity contribution is 6.01. The topological polar surface area (TPSA) is 79.9 Å². The second-order valence-corrected chi connectivity index (χ2v) is 6.71. The van der Waals surface area contributed by atoms with Gasteiger partial charge in [-0.3, -0.25) is 4.79 Å². The molecule has 0 radical (unpaired) electrons. The van der Waals surface area contributed by atoms with E-state index in [0.717, 1.165) is 22.6 Å². The van der Waals surface area contributed by atoms with Crippen LogP contribution in [-0.4, -0.2) is 37.6 Å². The molecule has 0 saturated carbocycles. The molecule has 0 aliphatic carbocycles. The van der Waals surface area contributed by atoms with Gasteiger partial charge in [0.2, 0.25) is 0 Å². The van der Waals surface area contributed by atoms with Gasteiger partial charge in [-0.1, -0.05) is 24.3 Å². The lowest BCUT2D eigenvalue weighted by molar-refractivity contribution is -0.126. The molecule has 1 atom stereocenters. The number of rotatable bonds is 5. The zero-order valence-electron chi connectivity index (χ0n) is 15.7. The molecule has 4 rings (SSSR count). The molecule has 0 unspecified atom stereocenters. The molecule has 0 fully saturated rings. The van der Waals surface area contributed by atoms with Gasteiger partial charge in [0.1, 0.15) is 11.5 Å². The third kappa shape index (κ3) is 3.26. The maximum absolute atomic E-state index is 13.1. The Morgan fingerprint density at radius 3 is 2.18 bits per heavy atom. The first kappa shape index (κ1) is 17.9. The Morgan fingerprint density at radius 1 is 0.964 bits per heavy atom. The van der Waals surface area contributed by atoms with E-state index in [2.05, 4.69) is 10.6 Å². The minimum absolute atomic E-state index is 0.0841. The number of hydrogen-bond donors (Lipinski definition) is 2. The number of urea groups is 1. The van der Waals surface area contributed by atoms with Crippen molar-refractivity contribution in [2.75, 3.05) is 20.8 Å². The van der Waals surface area contributed by atoms with Crippen LogP contribution in [0.3, 0.4) is 0 Å². The summed E-state index contributed by atoms with van der Waals surface area (Å²) in [4.78, 5) is 27.0. The summed E-state index contributed by atoms with van der Waals surface area (Å²) < 4.78 is 10.4. The molecule has 0 aromatic heterocycles. The molecule has 0 saturated heterocycles. The van der Waals surface area contributed by atoms with E-state index in [-0.39, 0.29) is 11.9 Å². The molecule has 2 N–H and O–H groups in total. The summed E-state index contributed by atoms with van der Waals surface area (Å²) in [6, 6.07) is 14.2. The smallest absolute Gasteiger partial charge is 0.319 e. The highest BCUT2D eigenvalue weighted by Gasteiger charge is 2.40. The molecular weight excluding hydrogens is 358 g/mol. The van der Waals surface area contributed by atoms with Crippen LogP contribution in [0.25, 0.3) is 0 Å². The average Bonchev–Trinajstić information content (AvgIpc) is 3.03. The Balaban J connectivity index is 1.57. The molecule has 2 aromatic rings. The highest BCUT2D eigenvalue weighted by atomic mass is 16.5. The zero-order chi connectivity index (χ0) is 19.7. The van der Waals surface area contributed by atoms with Crippen LogP contribution in [0.2, 0.25) is 0 Å². The summed E-state index contributed by atoms with van der Waals surface area (Å²) in [5, 5.41) is 5.65. The van der Waals surface area contributed by atoms with E-state index < -0.39 is 6.04 Å². The highest BCUT2D eigenvalue weighted by Crippen LogP contribution is 2.33. The number of carbonyl (C=O) groups is 2. The molecule has 28 heavy (non-hydrogen) atoms. The van der Waals surface area contributed by atoms with Gasteiger partial charge in [-0.2, -0.15) is 0 Å². The Hall–Kier alpha value is -3.48. The number of methoxy groups -OCH3 is 2. The lowest BCUT2D eigenvalue weighted by atomic mass is 9.96. The predicted octanol–water partition coefficient (Wildman–Crippen LogP) is 2.35. The van der Waals surface area contributed by atoms with E-state index >= 15 is 0 Å². The van der Waals surface area contributed by atoms with Crippen molar-refractivity contribution >= 4 is 11.9 Å². The van der Waals surface area contributed by atoms with Crippen molar-refractivity contribution in [1.29, 1.82) is 0 Å². The average molecular weight is 379 g/mol. The van der Waals surface area contributed by atoms with Crippen LogP contribution < -0.4 is 20.1 Å². The first-order valence-electron chi connectivity index (χ1n) is 8.95. The summed E-state index contributed by atoms with van der Waals surface area (Å²) in [5.41, 5.74) is 3.07. The van der Waals surface area contributed by atoms with Crippen molar-refractivity contribution in [1.82, 2.24) is 15.5 Å². The minimum atomic E-state index is -0.483. The normalized spacial score (nSPS) is 18.5. The van der Waals surface area contributed by atoms with E-state index in [9.17, 15) is 9.59 Å². The number of nitrogens with zero attached hydrogens (tertiary/aromatic N) is 1. The number of carbonyl (C=O) groups excluding carboxylic acids is 2. The van der Waals surface area contributed by atoms with Crippen LogP contribution in [0.5, 0.6) is 11.5 Å². The molecule has 2 aliphatic heterocycles. The third-order valence-corrected chi connectivity index (χ3v) is 5.00. The molecule has 2 aliphatic rings. The van der Waals surface area contributed by atoms with Gasteiger partial charge in [-0.05, 0) is 35.4 Å². The van der Waals surface area contributed by atoms with Crippen LogP contribution in [-0.2, 0) is 11.3 Å². The molecule has 2 heterocycles. The molecule has 0 bridgehead atoms. The predicted molar refractivity (Wildman–Crippen MR) is 103 cm³/mol. The van der Waals surface area contributed by atoms with Crippen LogP contribution in [0.15, 0.2) is 59.8 Å². The summed E-state index contributed by atoms with van der Waals surface area (Å²) in [6.45, 7) is 0.835. The minimum Gasteiger partial charge on any atom is -0.497 e. The molecule has 144 valence electrons. The van der Waals surface area contributed by atoms with Gasteiger partial charge in [-0.15, -0.1) is 0 Å². The van der Waals surface area contributed by atoms with Crippen molar-refractivity contribution in [3.8, 4) is 11.5 Å². The number of hydrogen-bond acceptors (Lipinski definition) is 4. The van der Waals surface area contributed by atoms with E-state index in [0.29, 0.717) is 24.4 Å². The molecule has 7 heteroatoms. The largest absolute Gasteiger partial charge is 0.497 e. The van der Waals surface area contributed by atoms with Crippen molar-refractivity contribution in [2.45, 2.75) is 12.6 Å². The second-order valence-electron chi connectivity index (χ2n) is 6.71. The molecule has 3 amide bonds. The van der Waals surface area contributed by atoms with Crippen molar-refractivity contribution in [3.63, 3.8) is 0 Å². The van der Waals surface area contributed by atoms with E-state index in [1.807, 2.05) is 48.5 Å². The SMILES string of the molecule is COc1ccc(CN2CC3=C(C2=O)[C@H](c2ccc(OC)cc2)NC(=O)N3)cc1. The number of benzene rings is 2. The number of ether oxygens (including phenoxy) is 2. The van der Waals surface area contributed by atoms with E-state index in [1.54, 1.807) is 19.1 Å². The standard InChI is InChI=1S/C21H21N3O4/c1-27-15-7-3-13(4-8-15)11-24-12-17-18(20(24)25)19(23-21(26)22-17)14-5-9-16(28-2)10-6-14/h3-10,19H,11-12H2,1-2H3,(H2,22,23,26)/t19-/m0/s1. The fourth-order valence-corrected chi connectivity index (χ4v) is 3.55. The Bertz CT molecular complexity index is 935. The maximum Gasteiger partial charge on any atom is 0.319 e. The van der Waals surface area contributed by atoms with Gasteiger partial charge in [0, 0.05) is 6.54 Å². The molecule has 0 spiro atoms. The van der Waals surface area contributed by atoms with Gasteiger partial charge < -0.3 is 25.0 Å². The third-order valence-electron chi connectivity index (χ3n) is 5.00. The summed E-state index contributed by atoms with van der Waals surface area (Å²) >= 11 is 0.